The fourth-order valence-electron chi connectivity index (χ4n) is 1.65. The van der Waals surface area contributed by atoms with Crippen LogP contribution in [0.15, 0.2) is 12.1 Å². The minimum atomic E-state index is 0.362. The lowest BCUT2D eigenvalue weighted by Gasteiger charge is -2.11. The summed E-state index contributed by atoms with van der Waals surface area (Å²) in [6, 6.07) is 3.93. The SMILES string of the molecule is COCCOCCCOc1cc(CN)cc(C(C)C)n1. The lowest BCUT2D eigenvalue weighted by Crippen LogP contribution is -2.08. The van der Waals surface area contributed by atoms with Crippen molar-refractivity contribution in [2.75, 3.05) is 33.5 Å². The molecule has 5 heteroatoms. The molecule has 0 bridgehead atoms. The highest BCUT2D eigenvalue weighted by Crippen LogP contribution is 2.18. The largest absolute Gasteiger partial charge is 0.478 e. The molecule has 1 rings (SSSR count). The third-order valence-corrected chi connectivity index (χ3v) is 2.82. The van der Waals surface area contributed by atoms with Crippen LogP contribution in [-0.4, -0.2) is 38.5 Å². The summed E-state index contributed by atoms with van der Waals surface area (Å²) in [5.74, 6) is 1.01. The molecule has 0 unspecified atom stereocenters. The van der Waals surface area contributed by atoms with Gasteiger partial charge in [-0.2, -0.15) is 0 Å². The van der Waals surface area contributed by atoms with Crippen molar-refractivity contribution < 1.29 is 14.2 Å². The minimum Gasteiger partial charge on any atom is -0.478 e. The molecular weight excluding hydrogens is 256 g/mol. The zero-order valence-corrected chi connectivity index (χ0v) is 12.7. The first kappa shape index (κ1) is 16.9. The zero-order chi connectivity index (χ0) is 14.8. The van der Waals surface area contributed by atoms with E-state index in [1.165, 1.54) is 0 Å². The molecule has 1 aromatic rings. The summed E-state index contributed by atoms with van der Waals surface area (Å²) < 4.78 is 15.9. The van der Waals surface area contributed by atoms with E-state index in [9.17, 15) is 0 Å². The van der Waals surface area contributed by atoms with Crippen molar-refractivity contribution in [1.29, 1.82) is 0 Å². The van der Waals surface area contributed by atoms with Crippen molar-refractivity contribution in [1.82, 2.24) is 4.98 Å². The molecule has 1 heterocycles. The second-order valence-electron chi connectivity index (χ2n) is 4.90. The van der Waals surface area contributed by atoms with Crippen molar-refractivity contribution in [3.05, 3.63) is 23.4 Å². The maximum absolute atomic E-state index is 5.70. The topological polar surface area (TPSA) is 66.6 Å². The number of aromatic nitrogens is 1. The molecule has 114 valence electrons. The summed E-state index contributed by atoms with van der Waals surface area (Å²) in [4.78, 5) is 4.49. The molecule has 5 nitrogen and oxygen atoms in total. The third kappa shape index (κ3) is 6.32. The van der Waals surface area contributed by atoms with Gasteiger partial charge in [0.25, 0.3) is 0 Å². The van der Waals surface area contributed by atoms with Crippen LogP contribution in [0.4, 0.5) is 0 Å². The average Bonchev–Trinajstić information content (AvgIpc) is 2.46. The average molecular weight is 282 g/mol. The van der Waals surface area contributed by atoms with Gasteiger partial charge in [0.1, 0.15) is 0 Å². The van der Waals surface area contributed by atoms with Gasteiger partial charge in [0.2, 0.25) is 5.88 Å². The van der Waals surface area contributed by atoms with Crippen LogP contribution < -0.4 is 10.5 Å². The standard InChI is InChI=1S/C15H26N2O3/c1-12(2)14-9-13(11-16)10-15(17-14)20-6-4-5-19-8-7-18-3/h9-10,12H,4-8,11,16H2,1-3H3. The monoisotopic (exact) mass is 282 g/mol. The normalized spacial score (nSPS) is 11.1. The quantitative estimate of drug-likeness (QED) is 0.666. The molecule has 0 amide bonds. The summed E-state index contributed by atoms with van der Waals surface area (Å²) >= 11 is 0. The third-order valence-electron chi connectivity index (χ3n) is 2.82. The molecule has 0 saturated heterocycles. The van der Waals surface area contributed by atoms with E-state index in [-0.39, 0.29) is 0 Å². The van der Waals surface area contributed by atoms with Crippen molar-refractivity contribution in [3.63, 3.8) is 0 Å². The summed E-state index contributed by atoms with van der Waals surface area (Å²) in [5.41, 5.74) is 7.76. The smallest absolute Gasteiger partial charge is 0.213 e. The van der Waals surface area contributed by atoms with Crippen LogP contribution in [0.1, 0.15) is 37.4 Å². The number of nitrogens with zero attached hydrogens (tertiary/aromatic N) is 1. The van der Waals surface area contributed by atoms with Crippen LogP contribution >= 0.6 is 0 Å². The van der Waals surface area contributed by atoms with Gasteiger partial charge < -0.3 is 19.9 Å². The van der Waals surface area contributed by atoms with Gasteiger partial charge in [-0.15, -0.1) is 0 Å². The molecule has 0 radical (unpaired) electrons. The Morgan fingerprint density at radius 3 is 2.60 bits per heavy atom. The second-order valence-corrected chi connectivity index (χ2v) is 4.90. The number of pyridine rings is 1. The molecule has 0 saturated carbocycles. The molecule has 0 aliphatic carbocycles. The Bertz CT molecular complexity index is 383. The summed E-state index contributed by atoms with van der Waals surface area (Å²) in [6.07, 6.45) is 0.829. The lowest BCUT2D eigenvalue weighted by atomic mass is 10.1. The fraction of sp³-hybridized carbons (Fsp3) is 0.667. The van der Waals surface area contributed by atoms with E-state index >= 15 is 0 Å². The molecule has 1 aromatic heterocycles. The number of hydrogen-bond donors (Lipinski definition) is 1. The predicted octanol–water partition coefficient (Wildman–Crippen LogP) is 2.10. The predicted molar refractivity (Wildman–Crippen MR) is 79.0 cm³/mol. The Hall–Kier alpha value is -1.17. The first-order valence-corrected chi connectivity index (χ1v) is 7.07. The first-order chi connectivity index (χ1) is 9.67. The molecule has 0 aliphatic heterocycles. The van der Waals surface area contributed by atoms with Gasteiger partial charge in [-0.1, -0.05) is 13.8 Å². The summed E-state index contributed by atoms with van der Waals surface area (Å²) in [7, 11) is 1.66. The fourth-order valence-corrected chi connectivity index (χ4v) is 1.65. The first-order valence-electron chi connectivity index (χ1n) is 7.07. The van der Waals surface area contributed by atoms with Gasteiger partial charge in [0.15, 0.2) is 0 Å². The molecule has 0 aromatic carbocycles. The number of hydrogen-bond acceptors (Lipinski definition) is 5. The van der Waals surface area contributed by atoms with Crippen LogP contribution in [0.3, 0.4) is 0 Å². The van der Waals surface area contributed by atoms with E-state index in [2.05, 4.69) is 18.8 Å². The van der Waals surface area contributed by atoms with Gasteiger partial charge in [-0.25, -0.2) is 4.98 Å². The van der Waals surface area contributed by atoms with Crippen molar-refractivity contribution in [3.8, 4) is 5.88 Å². The van der Waals surface area contributed by atoms with Crippen LogP contribution in [0.2, 0.25) is 0 Å². The van der Waals surface area contributed by atoms with Gasteiger partial charge in [0.05, 0.1) is 19.8 Å². The highest BCUT2D eigenvalue weighted by molar-refractivity contribution is 5.26. The van der Waals surface area contributed by atoms with Crippen molar-refractivity contribution >= 4 is 0 Å². The Morgan fingerprint density at radius 1 is 1.15 bits per heavy atom. The zero-order valence-electron chi connectivity index (χ0n) is 12.7. The molecule has 20 heavy (non-hydrogen) atoms. The van der Waals surface area contributed by atoms with E-state index in [1.807, 2.05) is 12.1 Å². The maximum atomic E-state index is 5.70. The Balaban J connectivity index is 2.37. The van der Waals surface area contributed by atoms with E-state index < -0.39 is 0 Å². The van der Waals surface area contributed by atoms with Gasteiger partial charge in [0, 0.05) is 38.4 Å². The molecule has 0 fully saturated rings. The number of ether oxygens (including phenoxy) is 3. The molecule has 0 atom stereocenters. The van der Waals surface area contributed by atoms with E-state index in [4.69, 9.17) is 19.9 Å². The number of rotatable bonds is 10. The molecule has 0 aliphatic rings. The summed E-state index contributed by atoms with van der Waals surface area (Å²) in [6.45, 7) is 7.21. The molecule has 0 spiro atoms. The van der Waals surface area contributed by atoms with Crippen LogP contribution in [0.25, 0.3) is 0 Å². The Labute approximate surface area is 121 Å². The van der Waals surface area contributed by atoms with Crippen molar-refractivity contribution in [2.45, 2.75) is 32.7 Å². The van der Waals surface area contributed by atoms with Gasteiger partial charge in [-0.05, 0) is 17.5 Å². The number of nitrogens with two attached hydrogens (primary N) is 1. The van der Waals surface area contributed by atoms with Gasteiger partial charge in [-0.3, -0.25) is 0 Å². The van der Waals surface area contributed by atoms with E-state index in [1.54, 1.807) is 7.11 Å². The molecule has 2 N–H and O–H groups in total. The summed E-state index contributed by atoms with van der Waals surface area (Å²) in [5, 5.41) is 0. The lowest BCUT2D eigenvalue weighted by molar-refractivity contribution is 0.0642. The minimum absolute atomic E-state index is 0.362. The van der Waals surface area contributed by atoms with E-state index in [0.717, 1.165) is 17.7 Å². The highest BCUT2D eigenvalue weighted by atomic mass is 16.5. The van der Waals surface area contributed by atoms with Crippen LogP contribution in [0, 0.1) is 0 Å². The number of methoxy groups -OCH3 is 1. The van der Waals surface area contributed by atoms with E-state index in [0.29, 0.717) is 44.8 Å². The highest BCUT2D eigenvalue weighted by Gasteiger charge is 2.06. The Kier molecular flexibility index (Phi) is 8.18. The van der Waals surface area contributed by atoms with Crippen LogP contribution in [0.5, 0.6) is 5.88 Å². The van der Waals surface area contributed by atoms with Gasteiger partial charge >= 0.3 is 0 Å². The molecular formula is C15H26N2O3. The Morgan fingerprint density at radius 2 is 1.95 bits per heavy atom. The van der Waals surface area contributed by atoms with Crippen LogP contribution in [-0.2, 0) is 16.0 Å². The second kappa shape index (κ2) is 9.69. The maximum Gasteiger partial charge on any atom is 0.213 e. The van der Waals surface area contributed by atoms with Crippen molar-refractivity contribution in [2.24, 2.45) is 5.73 Å².